The fourth-order valence-corrected chi connectivity index (χ4v) is 21.6. The average molecular weight is 1930 g/mol. The molecule has 132 heavy (non-hydrogen) atoms. The fraction of sp³-hybridized carbons (Fsp3) is 0.443. The zero-order valence-electron chi connectivity index (χ0n) is 74.9. The van der Waals surface area contributed by atoms with E-state index in [1.807, 2.05) is 114 Å². The Balaban J connectivity index is 0.000000123. The highest BCUT2D eigenvalue weighted by Crippen LogP contribution is 2.39. The Bertz CT molecular complexity index is 6140. The minimum atomic E-state index is -0.318. The first-order valence-electron chi connectivity index (χ1n) is 46.0. The van der Waals surface area contributed by atoms with Crippen LogP contribution in [-0.4, -0.2) is 258 Å². The number of hydrogen-bond donors (Lipinski definition) is 5. The van der Waals surface area contributed by atoms with E-state index in [-0.39, 0.29) is 103 Å². The third kappa shape index (κ3) is 20.5. The van der Waals surface area contributed by atoms with Gasteiger partial charge in [0.05, 0.1) is 107 Å². The van der Waals surface area contributed by atoms with E-state index in [0.717, 1.165) is 227 Å². The van der Waals surface area contributed by atoms with Crippen molar-refractivity contribution >= 4 is 172 Å². The molecule has 35 heteroatoms. The second kappa shape index (κ2) is 41.7. The first-order valence-corrected chi connectivity index (χ1v) is 48.6. The van der Waals surface area contributed by atoms with E-state index in [9.17, 15) is 28.7 Å². The number of amides is 4. The van der Waals surface area contributed by atoms with E-state index in [2.05, 4.69) is 152 Å². The van der Waals surface area contributed by atoms with Gasteiger partial charge in [-0.2, -0.15) is 0 Å². The summed E-state index contributed by atoms with van der Waals surface area (Å²) in [5.41, 5.74) is 15.1. The molecule has 11 atom stereocenters. The van der Waals surface area contributed by atoms with Crippen molar-refractivity contribution in [2.24, 2.45) is 0 Å². The molecule has 0 radical (unpaired) electrons. The van der Waals surface area contributed by atoms with Crippen molar-refractivity contribution in [1.82, 2.24) is 90.0 Å². The first kappa shape index (κ1) is 94.1. The van der Waals surface area contributed by atoms with Gasteiger partial charge in [-0.1, -0.05) is 122 Å². The van der Waals surface area contributed by atoms with Crippen molar-refractivity contribution in [2.45, 2.75) is 159 Å². The minimum absolute atomic E-state index is 0.00844. The monoisotopic (exact) mass is 1930 g/mol. The number of aliphatic hydroxyl groups is 1. The van der Waals surface area contributed by atoms with E-state index >= 15 is 0 Å². The minimum Gasteiger partial charge on any atom is -0.394 e. The van der Waals surface area contributed by atoms with Gasteiger partial charge in [0.1, 0.15) is 16.9 Å². The van der Waals surface area contributed by atoms with Gasteiger partial charge in [-0.05, 0) is 251 Å². The van der Waals surface area contributed by atoms with Gasteiger partial charge in [0.2, 0.25) is 23.6 Å². The first-order chi connectivity index (χ1) is 63.8. The van der Waals surface area contributed by atoms with Gasteiger partial charge in [0, 0.05) is 161 Å². The number of nitrogens with zero attached hydrogens (tertiary/aromatic N) is 18. The molecule has 4 aromatic heterocycles. The Kier molecular flexibility index (Phi) is 29.7. The number of aromatic nitrogens is 10. The van der Waals surface area contributed by atoms with Gasteiger partial charge in [0.15, 0.2) is 0 Å². The molecule has 12 aromatic rings. The standard InChI is InChI=1S/C25H29Cl2N5O.C25H29ClFN5O.C24H28Cl2N6O.C23H26Cl2N6O2/c1-16-14-30(10-11-31(16)25(33)23-4-3-9-28-23)19-6-8-22-24(13-19)32(15-29-22)17(2)20-7-5-18(26)12-21(20)27;1-17(20-7-5-18(26)14-21(20)27)32-16-29-22-8-6-19(15-24(22)32)30-10-12-31(13-11-30)25(33)23-4-2-3-9-28-23;1-15-14-30(24(33)22-4-3-9-27-22)10-11-31(15)18-6-8-21-23(13-18)32(29-28-21)16(2)19-7-5-17(25)12-20(19)26;1-14(18-4-2-15(24)10-19(18)25)31-22-11-16(3-5-20(22)27-28-31)29-8-9-30(17(12-29)13-32)23(33)21-6-7-26-21/h5-8,12-13,15-17,23,28H,3-4,9-11,14H2,1-2H3;5-8,14-17,23,28H,2-4,9-13H2,1H3;5-8,12-13,15-16,22,27H,3-4,9-11,14H2,1-2H3;2-5,10-11,14,17,21,26,32H,6-9,12-13H2,1H3/t16-,17?,23+;17?,23-;15-,16?,22-;14?,17-,21+/m0110/s1. The van der Waals surface area contributed by atoms with Crippen LogP contribution in [0.2, 0.25) is 35.2 Å². The number of hydrogen-bond acceptors (Lipinski definition) is 19. The van der Waals surface area contributed by atoms with Gasteiger partial charge in [-0.25, -0.2) is 23.7 Å². The van der Waals surface area contributed by atoms with Crippen LogP contribution in [0.5, 0.6) is 0 Å². The number of carbonyl (C=O) groups excluding carboxylic acids is 4. The second-order valence-electron chi connectivity index (χ2n) is 35.8. The topological polar surface area (TPSA) is 260 Å². The van der Waals surface area contributed by atoms with E-state index in [4.69, 9.17) is 81.2 Å². The molecule has 8 aliphatic heterocycles. The lowest BCUT2D eigenvalue weighted by Gasteiger charge is -2.44. The van der Waals surface area contributed by atoms with Crippen molar-refractivity contribution in [3.8, 4) is 0 Å². The van der Waals surface area contributed by atoms with Crippen molar-refractivity contribution in [1.29, 1.82) is 0 Å². The normalized spacial score (nSPS) is 21.6. The molecule has 0 bridgehead atoms. The Morgan fingerprint density at radius 1 is 0.394 bits per heavy atom. The van der Waals surface area contributed by atoms with Gasteiger partial charge < -0.3 is 74.7 Å². The SMILES string of the molecule is CC(c1ccc(Cl)cc1Cl)n1cnc2ccc(N3CCN(C(=O)[C@H]4CCCN4)[C@@H](C)C3)cc21.CC(c1ccc(Cl)cc1Cl)n1nnc2ccc(N3CCN(C(=O)[C@H]4CCCN4)C[C@H]3C)cc21.CC(c1ccc(Cl)cc1Cl)n1nnc2ccc(N3CCN(C(=O)[C@H]4CCN4)[C@H](CO)C3)cc21.CC(c1ccc(Cl)cc1F)n1cnc2ccc(N3CCN(C(=O)[C@H]4CCCCN4)CC3)cc21. The number of imidazole rings is 2. The number of piperidine rings is 1. The smallest absolute Gasteiger partial charge is 0.240 e. The molecule has 8 saturated heterocycles. The van der Waals surface area contributed by atoms with E-state index in [0.29, 0.717) is 60.4 Å². The summed E-state index contributed by atoms with van der Waals surface area (Å²) in [7, 11) is 0. The molecule has 4 unspecified atom stereocenters. The van der Waals surface area contributed by atoms with E-state index in [1.165, 1.54) is 6.07 Å². The summed E-state index contributed by atoms with van der Waals surface area (Å²) in [5, 5.41) is 44.7. The summed E-state index contributed by atoms with van der Waals surface area (Å²) in [5.74, 6) is 0.501. The van der Waals surface area contributed by atoms with E-state index in [1.54, 1.807) is 36.7 Å². The maximum atomic E-state index is 14.5. The highest BCUT2D eigenvalue weighted by molar-refractivity contribution is 6.36. The summed E-state index contributed by atoms with van der Waals surface area (Å²) >= 11 is 43.5. The molecule has 8 fully saturated rings. The molecule has 0 saturated carbocycles. The molecule has 12 heterocycles. The third-order valence-corrected chi connectivity index (χ3v) is 29.5. The van der Waals surface area contributed by atoms with Crippen molar-refractivity contribution < 1.29 is 28.7 Å². The maximum absolute atomic E-state index is 14.5. The zero-order chi connectivity index (χ0) is 92.3. The quantitative estimate of drug-likeness (QED) is 0.0567. The van der Waals surface area contributed by atoms with Gasteiger partial charge in [-0.3, -0.25) is 19.2 Å². The molecule has 27 nitrogen and oxygen atoms in total. The molecular weight excluding hydrogens is 1820 g/mol. The predicted octanol–water partition coefficient (Wildman–Crippen LogP) is 15.8. The van der Waals surface area contributed by atoms with Crippen LogP contribution < -0.4 is 40.9 Å². The van der Waals surface area contributed by atoms with Crippen molar-refractivity contribution in [3.63, 3.8) is 0 Å². The molecule has 5 N–H and O–H groups in total. The zero-order valence-corrected chi connectivity index (χ0v) is 80.2. The molecule has 4 amide bonds. The second-order valence-corrected chi connectivity index (χ2v) is 38.8. The Morgan fingerprint density at radius 3 is 1.29 bits per heavy atom. The van der Waals surface area contributed by atoms with Gasteiger partial charge in [0.25, 0.3) is 0 Å². The Labute approximate surface area is 803 Å². The van der Waals surface area contributed by atoms with Gasteiger partial charge >= 0.3 is 0 Å². The molecule has 20 rings (SSSR count). The number of nitrogens with one attached hydrogen (secondary N) is 4. The average Bonchev–Trinajstić information content (AvgIpc) is 1.73. The summed E-state index contributed by atoms with van der Waals surface area (Å²) in [6, 6.07) is 45.8. The molecule has 8 aliphatic rings. The third-order valence-electron chi connectivity index (χ3n) is 27.5. The van der Waals surface area contributed by atoms with Crippen LogP contribution in [0.25, 0.3) is 44.1 Å². The van der Waals surface area contributed by atoms with Gasteiger partial charge in [-0.15, -0.1) is 10.2 Å². The summed E-state index contributed by atoms with van der Waals surface area (Å²) < 4.78 is 22.5. The number of aliphatic hydroxyl groups excluding tert-OH is 1. The number of benzene rings is 8. The predicted molar refractivity (Wildman–Crippen MR) is 525 cm³/mol. The maximum Gasteiger partial charge on any atom is 0.240 e. The number of rotatable bonds is 17. The fourth-order valence-electron chi connectivity index (χ4n) is 19.7. The van der Waals surface area contributed by atoms with Crippen molar-refractivity contribution in [3.05, 3.63) is 221 Å². The molecule has 0 spiro atoms. The molecule has 696 valence electrons. The summed E-state index contributed by atoms with van der Waals surface area (Å²) in [4.78, 5) is 77.6. The van der Waals surface area contributed by atoms with Crippen LogP contribution in [0.15, 0.2) is 158 Å². The van der Waals surface area contributed by atoms with E-state index < -0.39 is 0 Å². The lowest BCUT2D eigenvalue weighted by Crippen LogP contribution is -2.63. The van der Waals surface area contributed by atoms with Crippen LogP contribution in [-0.2, 0) is 19.2 Å². The summed E-state index contributed by atoms with van der Waals surface area (Å²) in [6.07, 6.45) is 11.8. The molecule has 8 aromatic carbocycles. The highest BCUT2D eigenvalue weighted by atomic mass is 35.5. The molecular formula is C97H112Cl7FN22O5. The molecule has 0 aliphatic carbocycles. The number of piperazine rings is 4. The van der Waals surface area contributed by atoms with Crippen molar-refractivity contribution in [2.75, 3.05) is 137 Å². The van der Waals surface area contributed by atoms with Crippen LogP contribution in [0.4, 0.5) is 27.1 Å². The highest BCUT2D eigenvalue weighted by Gasteiger charge is 2.39. The number of anilines is 4. The summed E-state index contributed by atoms with van der Waals surface area (Å²) in [6.45, 7) is 25.6. The Hall–Kier alpha value is -9.66. The van der Waals surface area contributed by atoms with Crippen LogP contribution in [0.1, 0.15) is 139 Å². The lowest BCUT2D eigenvalue weighted by molar-refractivity contribution is -0.139. The number of carbonyl (C=O) groups is 4. The number of fused-ring (bicyclic) bond motifs is 4. The number of halogens is 8. The van der Waals surface area contributed by atoms with Crippen LogP contribution in [0.3, 0.4) is 0 Å². The lowest BCUT2D eigenvalue weighted by atomic mass is 10.0. The Morgan fingerprint density at radius 2 is 0.803 bits per heavy atom. The van der Waals surface area contributed by atoms with Crippen LogP contribution in [0, 0.1) is 5.82 Å². The van der Waals surface area contributed by atoms with Crippen LogP contribution >= 0.6 is 81.2 Å². The largest absolute Gasteiger partial charge is 0.394 e.